The van der Waals surface area contributed by atoms with E-state index in [2.05, 4.69) is 15.7 Å². The summed E-state index contributed by atoms with van der Waals surface area (Å²) in [6.07, 6.45) is 0. The van der Waals surface area contributed by atoms with Crippen LogP contribution >= 0.6 is 0 Å². The first-order valence-electron chi connectivity index (χ1n) is 10.0. The molecule has 0 atom stereocenters. The lowest BCUT2D eigenvalue weighted by atomic mass is 10.2. The summed E-state index contributed by atoms with van der Waals surface area (Å²) in [6.45, 7) is 1.16. The Bertz CT molecular complexity index is 1180. The molecule has 2 N–H and O–H groups in total. The quantitative estimate of drug-likeness (QED) is 0.478. The van der Waals surface area contributed by atoms with Crippen molar-refractivity contribution in [1.29, 1.82) is 0 Å². The number of carbonyl (C=O) groups excluding carboxylic acids is 3. The molecule has 0 unspecified atom stereocenters. The first kappa shape index (κ1) is 23.2. The monoisotopic (exact) mass is 450 g/mol. The van der Waals surface area contributed by atoms with E-state index in [1.54, 1.807) is 36.4 Å². The number of benzene rings is 2. The molecule has 0 spiro atoms. The van der Waals surface area contributed by atoms with Crippen LogP contribution < -0.4 is 20.9 Å². The van der Waals surface area contributed by atoms with Crippen LogP contribution in [0, 0.1) is 0 Å². The Morgan fingerprint density at radius 1 is 0.909 bits per heavy atom. The Labute approximate surface area is 189 Å². The van der Waals surface area contributed by atoms with E-state index in [0.29, 0.717) is 17.1 Å². The van der Waals surface area contributed by atoms with Crippen LogP contribution in [-0.4, -0.2) is 40.8 Å². The van der Waals surface area contributed by atoms with Crippen molar-refractivity contribution in [3.8, 4) is 5.75 Å². The maximum absolute atomic E-state index is 12.3. The van der Waals surface area contributed by atoms with E-state index in [0.717, 1.165) is 4.68 Å². The third-order valence-corrected chi connectivity index (χ3v) is 4.21. The number of esters is 1. The van der Waals surface area contributed by atoms with Crippen molar-refractivity contribution in [1.82, 2.24) is 9.78 Å². The van der Waals surface area contributed by atoms with Crippen LogP contribution in [0.4, 0.5) is 11.4 Å². The van der Waals surface area contributed by atoms with E-state index < -0.39 is 24.0 Å². The van der Waals surface area contributed by atoms with E-state index in [-0.39, 0.29) is 24.8 Å². The van der Waals surface area contributed by atoms with E-state index in [1.807, 2.05) is 18.2 Å². The molecular formula is C23H22N4O6. The van der Waals surface area contributed by atoms with Gasteiger partial charge in [-0.25, -0.2) is 9.48 Å². The summed E-state index contributed by atoms with van der Waals surface area (Å²) in [7, 11) is 0. The average Bonchev–Trinajstić information content (AvgIpc) is 2.80. The van der Waals surface area contributed by atoms with Gasteiger partial charge in [0.25, 0.3) is 11.5 Å². The third kappa shape index (κ3) is 7.31. The van der Waals surface area contributed by atoms with Gasteiger partial charge in [-0.3, -0.25) is 14.4 Å². The fourth-order valence-corrected chi connectivity index (χ4v) is 2.73. The molecule has 0 saturated carbocycles. The van der Waals surface area contributed by atoms with Crippen LogP contribution in [0.3, 0.4) is 0 Å². The van der Waals surface area contributed by atoms with Crippen LogP contribution in [0.1, 0.15) is 17.4 Å². The zero-order valence-corrected chi connectivity index (χ0v) is 17.8. The predicted molar refractivity (Wildman–Crippen MR) is 120 cm³/mol. The molecule has 0 aliphatic heterocycles. The Morgan fingerprint density at radius 2 is 1.58 bits per heavy atom. The molecule has 0 fully saturated rings. The van der Waals surface area contributed by atoms with Gasteiger partial charge in [0.2, 0.25) is 5.91 Å². The fraction of sp³-hybridized carbons (Fsp3) is 0.174. The molecule has 3 aromatic rings. The van der Waals surface area contributed by atoms with Crippen molar-refractivity contribution in [2.75, 3.05) is 23.8 Å². The van der Waals surface area contributed by atoms with Crippen LogP contribution in [0.25, 0.3) is 0 Å². The Morgan fingerprint density at radius 3 is 2.24 bits per heavy atom. The first-order chi connectivity index (χ1) is 15.9. The molecule has 0 bridgehead atoms. The van der Waals surface area contributed by atoms with Gasteiger partial charge in [0.1, 0.15) is 12.4 Å². The second-order valence-corrected chi connectivity index (χ2v) is 6.82. The normalized spacial score (nSPS) is 10.2. The Hall–Kier alpha value is -4.47. The lowest BCUT2D eigenvalue weighted by Gasteiger charge is -2.09. The smallest absolute Gasteiger partial charge is 0.359 e. The number of hydrogen-bond donors (Lipinski definition) is 2. The molecule has 10 nitrogen and oxygen atoms in total. The topological polar surface area (TPSA) is 129 Å². The van der Waals surface area contributed by atoms with Crippen molar-refractivity contribution in [3.63, 3.8) is 0 Å². The Balaban J connectivity index is 1.50. The van der Waals surface area contributed by atoms with Gasteiger partial charge < -0.3 is 20.1 Å². The molecule has 2 aromatic carbocycles. The molecule has 33 heavy (non-hydrogen) atoms. The molecular weight excluding hydrogens is 428 g/mol. The lowest BCUT2D eigenvalue weighted by molar-refractivity contribution is -0.119. The van der Waals surface area contributed by atoms with Gasteiger partial charge in [-0.2, -0.15) is 5.10 Å². The molecule has 0 saturated heterocycles. The zero-order valence-electron chi connectivity index (χ0n) is 17.8. The van der Waals surface area contributed by atoms with Gasteiger partial charge in [0, 0.05) is 24.4 Å². The highest BCUT2D eigenvalue weighted by Gasteiger charge is 2.14. The number of anilines is 2. The Kier molecular flexibility index (Phi) is 7.90. The van der Waals surface area contributed by atoms with Gasteiger partial charge in [-0.1, -0.05) is 18.2 Å². The third-order valence-electron chi connectivity index (χ3n) is 4.21. The van der Waals surface area contributed by atoms with E-state index >= 15 is 0 Å². The molecule has 1 aromatic heterocycles. The van der Waals surface area contributed by atoms with Crippen LogP contribution in [-0.2, 0) is 20.9 Å². The molecule has 170 valence electrons. The second-order valence-electron chi connectivity index (χ2n) is 6.82. The minimum atomic E-state index is -0.844. The van der Waals surface area contributed by atoms with Gasteiger partial charge in [-0.05, 0) is 42.5 Å². The van der Waals surface area contributed by atoms with Crippen molar-refractivity contribution in [3.05, 3.63) is 82.8 Å². The van der Waals surface area contributed by atoms with Crippen molar-refractivity contribution in [2.24, 2.45) is 0 Å². The molecule has 0 aliphatic carbocycles. The molecule has 0 radical (unpaired) electrons. The summed E-state index contributed by atoms with van der Waals surface area (Å²) in [6, 6.07) is 18.0. The average molecular weight is 450 g/mol. The summed E-state index contributed by atoms with van der Waals surface area (Å²) in [5, 5.41) is 9.17. The molecule has 1 heterocycles. The van der Waals surface area contributed by atoms with Crippen LogP contribution in [0.5, 0.6) is 5.75 Å². The summed E-state index contributed by atoms with van der Waals surface area (Å²) in [5.74, 6) is -0.955. The number of rotatable bonds is 9. The predicted octanol–water partition coefficient (Wildman–Crippen LogP) is 2.08. The van der Waals surface area contributed by atoms with E-state index in [9.17, 15) is 19.2 Å². The highest BCUT2D eigenvalue weighted by Crippen LogP contribution is 2.13. The summed E-state index contributed by atoms with van der Waals surface area (Å²) in [4.78, 5) is 47.3. The molecule has 3 rings (SSSR count). The highest BCUT2D eigenvalue weighted by atomic mass is 16.5. The lowest BCUT2D eigenvalue weighted by Crippen LogP contribution is -2.28. The maximum Gasteiger partial charge on any atom is 0.359 e. The van der Waals surface area contributed by atoms with Crippen molar-refractivity contribution in [2.45, 2.75) is 13.5 Å². The number of para-hydroxylation sites is 1. The number of nitrogens with zero attached hydrogens (tertiary/aromatic N) is 2. The number of nitrogens with one attached hydrogen (secondary N) is 2. The number of ether oxygens (including phenoxy) is 2. The zero-order chi connectivity index (χ0) is 23.6. The maximum atomic E-state index is 12.3. The van der Waals surface area contributed by atoms with Crippen molar-refractivity contribution >= 4 is 29.2 Å². The first-order valence-corrected chi connectivity index (χ1v) is 10.0. The molecule has 10 heteroatoms. The summed E-state index contributed by atoms with van der Waals surface area (Å²) in [5.41, 5.74) is 0.544. The van der Waals surface area contributed by atoms with Crippen LogP contribution in [0.2, 0.25) is 0 Å². The number of hydrogen-bond acceptors (Lipinski definition) is 7. The van der Waals surface area contributed by atoms with Gasteiger partial charge in [0.15, 0.2) is 12.3 Å². The van der Waals surface area contributed by atoms with Gasteiger partial charge in [-0.15, -0.1) is 0 Å². The highest BCUT2D eigenvalue weighted by molar-refractivity contribution is 5.95. The SMILES string of the molecule is CC(=O)Nc1ccc(NC(=O)COC(=O)c2ccc(=O)n(CCOc3ccccc3)n2)cc1. The number of aromatic nitrogens is 2. The van der Waals surface area contributed by atoms with Gasteiger partial charge in [0.05, 0.1) is 6.54 Å². The fourth-order valence-electron chi connectivity index (χ4n) is 2.73. The number of amides is 2. The second kappa shape index (κ2) is 11.2. The standard InChI is InChI=1S/C23H22N4O6/c1-16(28)24-17-7-9-18(10-8-17)25-21(29)15-33-23(31)20-11-12-22(30)27(26-20)13-14-32-19-5-3-2-4-6-19/h2-12H,13-15H2,1H3,(H,24,28)(H,25,29). The summed E-state index contributed by atoms with van der Waals surface area (Å²) >= 11 is 0. The molecule has 2 amide bonds. The van der Waals surface area contributed by atoms with Gasteiger partial charge >= 0.3 is 5.97 Å². The number of carbonyl (C=O) groups is 3. The summed E-state index contributed by atoms with van der Waals surface area (Å²) < 4.78 is 11.6. The van der Waals surface area contributed by atoms with Crippen molar-refractivity contribution < 1.29 is 23.9 Å². The molecule has 0 aliphatic rings. The minimum Gasteiger partial charge on any atom is -0.492 e. The van der Waals surface area contributed by atoms with E-state index in [1.165, 1.54) is 19.1 Å². The van der Waals surface area contributed by atoms with Crippen LogP contribution in [0.15, 0.2) is 71.5 Å². The largest absolute Gasteiger partial charge is 0.492 e. The minimum absolute atomic E-state index is 0.109. The van der Waals surface area contributed by atoms with E-state index in [4.69, 9.17) is 9.47 Å².